The number of benzene rings is 3. The lowest BCUT2D eigenvalue weighted by atomic mass is 10.0. The number of nitrogens with one attached hydrogen (secondary N) is 1. The molecule has 190 valence electrons. The molecule has 0 spiro atoms. The number of fused-ring (bicyclic) bond motifs is 1. The summed E-state index contributed by atoms with van der Waals surface area (Å²) in [5.41, 5.74) is 1.96. The van der Waals surface area contributed by atoms with Crippen LogP contribution in [0.1, 0.15) is 46.8 Å². The smallest absolute Gasteiger partial charge is 0.354 e. The SMILES string of the molecule is CC(C)c1ccc(/C=C(\C#N)C(=O)Oc2ccc3cc(C(=O)NCCc4ccccc4)c(=O)oc3c2)cc1. The van der Waals surface area contributed by atoms with Crippen LogP contribution in [-0.2, 0) is 11.2 Å². The normalized spacial score (nSPS) is 11.3. The van der Waals surface area contributed by atoms with Gasteiger partial charge >= 0.3 is 11.6 Å². The Kier molecular flexibility index (Phi) is 8.14. The number of ether oxygens (including phenoxy) is 1. The van der Waals surface area contributed by atoms with Crippen LogP contribution in [0.25, 0.3) is 17.0 Å². The average Bonchev–Trinajstić information content (AvgIpc) is 2.92. The number of hydrogen-bond donors (Lipinski definition) is 1. The number of amides is 1. The van der Waals surface area contributed by atoms with Crippen molar-refractivity contribution in [3.63, 3.8) is 0 Å². The summed E-state index contributed by atoms with van der Waals surface area (Å²) in [6.45, 7) is 4.53. The molecule has 0 radical (unpaired) electrons. The Balaban J connectivity index is 1.45. The van der Waals surface area contributed by atoms with Gasteiger partial charge in [0.05, 0.1) is 0 Å². The van der Waals surface area contributed by atoms with E-state index in [0.717, 1.165) is 11.1 Å². The van der Waals surface area contributed by atoms with Gasteiger partial charge in [-0.25, -0.2) is 9.59 Å². The van der Waals surface area contributed by atoms with Crippen molar-refractivity contribution in [3.8, 4) is 11.8 Å². The van der Waals surface area contributed by atoms with E-state index in [2.05, 4.69) is 19.2 Å². The Bertz CT molecular complexity index is 1590. The third kappa shape index (κ3) is 6.42. The van der Waals surface area contributed by atoms with E-state index in [4.69, 9.17) is 9.15 Å². The van der Waals surface area contributed by atoms with Gasteiger partial charge in [0, 0.05) is 18.0 Å². The van der Waals surface area contributed by atoms with Crippen molar-refractivity contribution in [2.75, 3.05) is 6.54 Å². The van der Waals surface area contributed by atoms with Crippen LogP contribution < -0.4 is 15.7 Å². The molecule has 0 atom stereocenters. The highest BCUT2D eigenvalue weighted by Crippen LogP contribution is 2.22. The van der Waals surface area contributed by atoms with Crippen LogP contribution in [0.3, 0.4) is 0 Å². The van der Waals surface area contributed by atoms with Crippen molar-refractivity contribution in [2.24, 2.45) is 0 Å². The van der Waals surface area contributed by atoms with Crippen molar-refractivity contribution in [1.29, 1.82) is 5.26 Å². The number of nitriles is 1. The van der Waals surface area contributed by atoms with Gasteiger partial charge in [0.1, 0.15) is 28.5 Å². The minimum absolute atomic E-state index is 0.0991. The molecule has 7 heteroatoms. The zero-order chi connectivity index (χ0) is 27.1. The third-order valence-electron chi connectivity index (χ3n) is 5.96. The van der Waals surface area contributed by atoms with Gasteiger partial charge in [-0.3, -0.25) is 4.79 Å². The zero-order valence-electron chi connectivity index (χ0n) is 21.1. The molecule has 38 heavy (non-hydrogen) atoms. The molecule has 0 unspecified atom stereocenters. The minimum Gasteiger partial charge on any atom is -0.422 e. The highest BCUT2D eigenvalue weighted by Gasteiger charge is 2.16. The van der Waals surface area contributed by atoms with E-state index in [1.165, 1.54) is 24.3 Å². The second-order valence-electron chi connectivity index (χ2n) is 9.02. The standard InChI is InChI=1S/C31H26N2O5/c1-20(2)23-10-8-22(9-11-23)16-25(19-32)30(35)37-26-13-12-24-17-27(31(36)38-28(24)18-26)29(34)33-15-14-21-6-4-3-5-7-21/h3-13,16-18,20H,14-15H2,1-2H3,(H,33,34)/b25-16+. The predicted octanol–water partition coefficient (Wildman–Crippen LogP) is 5.40. The summed E-state index contributed by atoms with van der Waals surface area (Å²) < 4.78 is 10.7. The molecule has 1 amide bonds. The first-order valence-electron chi connectivity index (χ1n) is 12.2. The van der Waals surface area contributed by atoms with Gasteiger partial charge in [0.15, 0.2) is 0 Å². The highest BCUT2D eigenvalue weighted by atomic mass is 16.5. The van der Waals surface area contributed by atoms with Crippen LogP contribution in [0.15, 0.2) is 93.6 Å². The molecule has 7 nitrogen and oxygen atoms in total. The summed E-state index contributed by atoms with van der Waals surface area (Å²) in [6.07, 6.45) is 2.08. The van der Waals surface area contributed by atoms with E-state index in [1.807, 2.05) is 60.7 Å². The zero-order valence-corrected chi connectivity index (χ0v) is 21.1. The Hall–Kier alpha value is -4.96. The molecule has 1 heterocycles. The maximum absolute atomic E-state index is 12.6. The molecule has 0 saturated heterocycles. The van der Waals surface area contributed by atoms with Gasteiger partial charge < -0.3 is 14.5 Å². The fourth-order valence-electron chi connectivity index (χ4n) is 3.82. The monoisotopic (exact) mass is 506 g/mol. The average molecular weight is 507 g/mol. The summed E-state index contributed by atoms with van der Waals surface area (Å²) in [4.78, 5) is 37.6. The molecule has 1 aromatic heterocycles. The van der Waals surface area contributed by atoms with Crippen LogP contribution in [0.2, 0.25) is 0 Å². The lowest BCUT2D eigenvalue weighted by molar-refractivity contribution is -0.129. The first-order valence-corrected chi connectivity index (χ1v) is 12.2. The number of rotatable bonds is 8. The van der Waals surface area contributed by atoms with Gasteiger partial charge in [0.25, 0.3) is 5.91 Å². The van der Waals surface area contributed by atoms with Crippen molar-refractivity contribution < 1.29 is 18.7 Å². The first-order chi connectivity index (χ1) is 18.3. The predicted molar refractivity (Wildman–Crippen MR) is 145 cm³/mol. The highest BCUT2D eigenvalue weighted by molar-refractivity contribution is 5.99. The Morgan fingerprint density at radius 2 is 1.76 bits per heavy atom. The second-order valence-corrected chi connectivity index (χ2v) is 9.02. The van der Waals surface area contributed by atoms with Crippen molar-refractivity contribution in [3.05, 3.63) is 117 Å². The molecular formula is C31H26N2O5. The van der Waals surface area contributed by atoms with Crippen molar-refractivity contribution in [2.45, 2.75) is 26.2 Å². The minimum atomic E-state index is -0.837. The van der Waals surface area contributed by atoms with Crippen LogP contribution >= 0.6 is 0 Å². The molecule has 0 aliphatic carbocycles. The Morgan fingerprint density at radius 3 is 2.45 bits per heavy atom. The molecule has 0 bridgehead atoms. The molecule has 0 fully saturated rings. The number of carbonyl (C=O) groups excluding carboxylic acids is 2. The van der Waals surface area contributed by atoms with E-state index in [1.54, 1.807) is 6.07 Å². The van der Waals surface area contributed by atoms with E-state index < -0.39 is 17.5 Å². The molecular weight excluding hydrogens is 480 g/mol. The largest absolute Gasteiger partial charge is 0.422 e. The Labute approximate surface area is 220 Å². The summed E-state index contributed by atoms with van der Waals surface area (Å²) in [5.74, 6) is -0.901. The molecule has 0 aliphatic rings. The number of carbonyl (C=O) groups is 2. The van der Waals surface area contributed by atoms with E-state index >= 15 is 0 Å². The second kappa shape index (κ2) is 11.8. The number of esters is 1. The fraction of sp³-hybridized carbons (Fsp3) is 0.161. The maximum Gasteiger partial charge on any atom is 0.354 e. The third-order valence-corrected chi connectivity index (χ3v) is 5.96. The van der Waals surface area contributed by atoms with Gasteiger partial charge in [-0.2, -0.15) is 5.26 Å². The van der Waals surface area contributed by atoms with Gasteiger partial charge in [-0.1, -0.05) is 68.4 Å². The molecule has 0 saturated carbocycles. The van der Waals surface area contributed by atoms with Crippen molar-refractivity contribution in [1.82, 2.24) is 5.32 Å². The summed E-state index contributed by atoms with van der Waals surface area (Å²) in [7, 11) is 0. The van der Waals surface area contributed by atoms with Crippen LogP contribution in [0, 0.1) is 11.3 Å². The fourth-order valence-corrected chi connectivity index (χ4v) is 3.82. The molecule has 1 N–H and O–H groups in total. The summed E-state index contributed by atoms with van der Waals surface area (Å²) in [6, 6.07) is 25.0. The van der Waals surface area contributed by atoms with Crippen molar-refractivity contribution >= 4 is 28.9 Å². The van der Waals surface area contributed by atoms with E-state index in [0.29, 0.717) is 29.8 Å². The van der Waals surface area contributed by atoms with Gasteiger partial charge in [-0.15, -0.1) is 0 Å². The lowest BCUT2D eigenvalue weighted by Gasteiger charge is -2.07. The van der Waals surface area contributed by atoms with E-state index in [-0.39, 0.29) is 22.5 Å². The summed E-state index contributed by atoms with van der Waals surface area (Å²) >= 11 is 0. The van der Waals surface area contributed by atoms with Crippen LogP contribution in [0.4, 0.5) is 0 Å². The number of hydrogen-bond acceptors (Lipinski definition) is 6. The number of nitrogens with zero attached hydrogens (tertiary/aromatic N) is 1. The van der Waals surface area contributed by atoms with Gasteiger partial charge in [-0.05, 0) is 53.3 Å². The quantitative estimate of drug-likeness (QED) is 0.113. The maximum atomic E-state index is 12.6. The van der Waals surface area contributed by atoms with Gasteiger partial charge in [0.2, 0.25) is 0 Å². The van der Waals surface area contributed by atoms with E-state index in [9.17, 15) is 19.6 Å². The Morgan fingerprint density at radius 1 is 1.03 bits per heavy atom. The van der Waals surface area contributed by atoms with Crippen LogP contribution in [0.5, 0.6) is 5.75 Å². The topological polar surface area (TPSA) is 109 Å². The molecule has 4 aromatic rings. The van der Waals surface area contributed by atoms with Crippen LogP contribution in [-0.4, -0.2) is 18.4 Å². The summed E-state index contributed by atoms with van der Waals surface area (Å²) in [5, 5.41) is 12.7. The molecule has 0 aliphatic heterocycles. The molecule has 3 aromatic carbocycles. The first kappa shape index (κ1) is 26.1. The molecule has 4 rings (SSSR count). The lowest BCUT2D eigenvalue weighted by Crippen LogP contribution is -2.29.